The molecule has 1 nitrogen and oxygen atoms in total. The summed E-state index contributed by atoms with van der Waals surface area (Å²) in [5, 5.41) is 0. The Balaban J connectivity index is 2.37. The molecule has 0 radical (unpaired) electrons. The van der Waals surface area contributed by atoms with Crippen LogP contribution in [0, 0.1) is 13.8 Å². The molecule has 0 aliphatic carbocycles. The Morgan fingerprint density at radius 2 is 1.18 bits per heavy atom. The summed E-state index contributed by atoms with van der Waals surface area (Å²) in [6.45, 7) is 19.7. The Hall–Kier alpha value is -2.41. The van der Waals surface area contributed by atoms with E-state index in [1.807, 2.05) is 13.0 Å². The van der Waals surface area contributed by atoms with Gasteiger partial charge in [-0.25, -0.2) is 4.57 Å². The molecule has 2 aromatic carbocycles. The van der Waals surface area contributed by atoms with Crippen molar-refractivity contribution in [2.45, 2.75) is 92.3 Å². The van der Waals surface area contributed by atoms with Crippen LogP contribution in [-0.2, 0) is 23.3 Å². The highest BCUT2D eigenvalue weighted by molar-refractivity contribution is 5.76. The second-order valence-electron chi connectivity index (χ2n) is 12.7. The summed E-state index contributed by atoms with van der Waals surface area (Å²) in [6.07, 6.45) is 2.18. The molecule has 3 aromatic rings. The highest BCUT2D eigenvalue weighted by Crippen LogP contribution is 2.37. The monoisotopic (exact) mass is 445 g/mol. The first-order valence-corrected chi connectivity index (χ1v) is 12.0. The van der Waals surface area contributed by atoms with E-state index in [2.05, 4.69) is 117 Å². The van der Waals surface area contributed by atoms with Crippen LogP contribution in [0.4, 0.5) is 0 Å². The summed E-state index contributed by atoms with van der Waals surface area (Å²) in [6, 6.07) is 15.0. The molecule has 0 atom stereocenters. The van der Waals surface area contributed by atoms with Crippen molar-refractivity contribution in [3.05, 3.63) is 76.5 Å². The number of benzene rings is 2. The quantitative estimate of drug-likeness (QED) is 0.349. The van der Waals surface area contributed by atoms with Gasteiger partial charge in [0.05, 0.1) is 0 Å². The summed E-state index contributed by atoms with van der Waals surface area (Å²) in [4.78, 5) is 0. The van der Waals surface area contributed by atoms with Crippen LogP contribution >= 0.6 is 0 Å². The minimum Gasteiger partial charge on any atom is -0.201 e. The van der Waals surface area contributed by atoms with E-state index in [1.165, 1.54) is 16.7 Å². The van der Waals surface area contributed by atoms with E-state index in [9.17, 15) is 0 Å². The Labute approximate surface area is 207 Å². The maximum atomic E-state index is 8.36. The van der Waals surface area contributed by atoms with Gasteiger partial charge in [-0.15, -0.1) is 0 Å². The van der Waals surface area contributed by atoms with Crippen molar-refractivity contribution in [2.75, 3.05) is 0 Å². The highest BCUT2D eigenvalue weighted by Gasteiger charge is 2.23. The van der Waals surface area contributed by atoms with Gasteiger partial charge in [0.1, 0.15) is 7.05 Å². The Morgan fingerprint density at radius 3 is 1.64 bits per heavy atom. The van der Waals surface area contributed by atoms with Crippen molar-refractivity contribution in [3.8, 4) is 22.4 Å². The lowest BCUT2D eigenvalue weighted by Gasteiger charge is -2.27. The average Bonchev–Trinajstić information content (AvgIpc) is 2.71. The third-order valence-corrected chi connectivity index (χ3v) is 6.62. The van der Waals surface area contributed by atoms with Crippen molar-refractivity contribution in [2.24, 2.45) is 7.05 Å². The van der Waals surface area contributed by atoms with E-state index in [4.69, 9.17) is 4.11 Å². The summed E-state index contributed by atoms with van der Waals surface area (Å²) in [7, 11) is 2.07. The van der Waals surface area contributed by atoms with Crippen molar-refractivity contribution in [1.29, 1.82) is 0 Å². The zero-order chi connectivity index (χ0) is 27.4. The van der Waals surface area contributed by atoms with Gasteiger partial charge in [0.2, 0.25) is 5.69 Å². The molecule has 0 N–H and O–H groups in total. The van der Waals surface area contributed by atoms with Gasteiger partial charge in [0.25, 0.3) is 0 Å². The molecule has 3 rings (SSSR count). The SMILES string of the molecule is [2H]C([2H])([2H])c1cc(C)c(-c2ccc(C(C)(C)C)c[n+]2C)cc1-c1cc(C(C)(C)C)cc(C(C)(C)C)c1. The van der Waals surface area contributed by atoms with E-state index in [0.717, 1.165) is 27.9 Å². The second kappa shape index (κ2) is 8.42. The lowest BCUT2D eigenvalue weighted by atomic mass is 9.78. The number of hydrogen-bond acceptors (Lipinski definition) is 0. The van der Waals surface area contributed by atoms with E-state index < -0.39 is 6.85 Å². The predicted octanol–water partition coefficient (Wildman–Crippen LogP) is 8.35. The third-order valence-electron chi connectivity index (χ3n) is 6.62. The molecular weight excluding hydrogens is 398 g/mol. The zero-order valence-corrected chi connectivity index (χ0v) is 22.6. The van der Waals surface area contributed by atoms with Gasteiger partial charge in [-0.05, 0) is 75.5 Å². The molecule has 0 bridgehead atoms. The van der Waals surface area contributed by atoms with Crippen LogP contribution < -0.4 is 4.57 Å². The van der Waals surface area contributed by atoms with Crippen LogP contribution in [0.3, 0.4) is 0 Å². The van der Waals surface area contributed by atoms with Crippen LogP contribution in [0.25, 0.3) is 22.4 Å². The first-order chi connectivity index (χ1) is 16.2. The van der Waals surface area contributed by atoms with Crippen LogP contribution in [0.1, 0.15) is 94.2 Å². The Bertz CT molecular complexity index is 1240. The number of pyridine rings is 1. The fourth-order valence-corrected chi connectivity index (χ4v) is 4.20. The number of rotatable bonds is 2. The van der Waals surface area contributed by atoms with Crippen molar-refractivity contribution in [3.63, 3.8) is 0 Å². The minimum atomic E-state index is -2.21. The molecule has 1 aromatic heterocycles. The topological polar surface area (TPSA) is 3.88 Å². The maximum Gasteiger partial charge on any atom is 0.212 e. The van der Waals surface area contributed by atoms with Crippen molar-refractivity contribution >= 4 is 0 Å². The van der Waals surface area contributed by atoms with Gasteiger partial charge in [-0.2, -0.15) is 0 Å². The largest absolute Gasteiger partial charge is 0.212 e. The van der Waals surface area contributed by atoms with Crippen molar-refractivity contribution in [1.82, 2.24) is 0 Å². The van der Waals surface area contributed by atoms with Gasteiger partial charge in [0, 0.05) is 21.3 Å². The molecule has 0 spiro atoms. The first-order valence-electron chi connectivity index (χ1n) is 13.5. The fraction of sp³-hybridized carbons (Fsp3) is 0.469. The summed E-state index contributed by atoms with van der Waals surface area (Å²) >= 11 is 0. The standard InChI is InChI=1S/C32H44N/c1-21-15-22(2)28(29-14-13-24(20-33(29)12)30(3,4)5)19-27(21)23-16-25(31(6,7)8)18-26(17-23)32(9,10)11/h13-20H,1-12H3/q+1/i1D3. The first kappa shape index (κ1) is 21.1. The molecule has 0 fully saturated rings. The van der Waals surface area contributed by atoms with E-state index in [1.54, 1.807) is 0 Å². The third kappa shape index (κ3) is 5.40. The molecule has 33 heavy (non-hydrogen) atoms. The molecule has 1 heteroatoms. The Kier molecular flexibility index (Phi) is 5.40. The number of aromatic nitrogens is 1. The molecule has 0 unspecified atom stereocenters. The maximum absolute atomic E-state index is 8.36. The molecular formula is C32H44N+. The molecule has 176 valence electrons. The molecule has 0 amide bonds. The van der Waals surface area contributed by atoms with Gasteiger partial charge >= 0.3 is 0 Å². The van der Waals surface area contributed by atoms with Crippen LogP contribution in [0.15, 0.2) is 48.7 Å². The van der Waals surface area contributed by atoms with Crippen LogP contribution in [-0.4, -0.2) is 0 Å². The molecule has 0 aliphatic heterocycles. The number of hydrogen-bond donors (Lipinski definition) is 0. The van der Waals surface area contributed by atoms with Crippen LogP contribution in [0.5, 0.6) is 0 Å². The zero-order valence-electron chi connectivity index (χ0n) is 25.6. The summed E-state index contributed by atoms with van der Waals surface area (Å²) < 4.78 is 27.2. The van der Waals surface area contributed by atoms with Gasteiger partial charge in [0.15, 0.2) is 6.20 Å². The minimum absolute atomic E-state index is 0.0539. The van der Waals surface area contributed by atoms with E-state index in [-0.39, 0.29) is 16.2 Å². The lowest BCUT2D eigenvalue weighted by Crippen LogP contribution is -2.33. The van der Waals surface area contributed by atoms with E-state index >= 15 is 0 Å². The van der Waals surface area contributed by atoms with E-state index in [0.29, 0.717) is 5.56 Å². The summed E-state index contributed by atoms with van der Waals surface area (Å²) in [5.41, 5.74) is 8.87. The fourth-order valence-electron chi connectivity index (χ4n) is 4.20. The van der Waals surface area contributed by atoms with Gasteiger partial charge < -0.3 is 0 Å². The summed E-state index contributed by atoms with van der Waals surface area (Å²) in [5.74, 6) is 0. The predicted molar refractivity (Wildman–Crippen MR) is 144 cm³/mol. The normalized spacial score (nSPS) is 14.6. The smallest absolute Gasteiger partial charge is 0.201 e. The molecule has 1 heterocycles. The van der Waals surface area contributed by atoms with Crippen molar-refractivity contribution < 1.29 is 8.68 Å². The lowest BCUT2D eigenvalue weighted by molar-refractivity contribution is -0.661. The molecule has 0 saturated heterocycles. The number of aryl methyl sites for hydroxylation is 3. The van der Waals surface area contributed by atoms with Gasteiger partial charge in [-0.3, -0.25) is 0 Å². The molecule has 0 aliphatic rings. The molecule has 0 saturated carbocycles. The Morgan fingerprint density at radius 1 is 0.636 bits per heavy atom. The van der Waals surface area contributed by atoms with Gasteiger partial charge in [-0.1, -0.05) is 86.6 Å². The number of nitrogens with zero attached hydrogens (tertiary/aromatic N) is 1. The average molecular weight is 446 g/mol. The second-order valence-corrected chi connectivity index (χ2v) is 12.7. The highest BCUT2D eigenvalue weighted by atomic mass is 14.9. The van der Waals surface area contributed by atoms with Crippen LogP contribution in [0.2, 0.25) is 0 Å².